The van der Waals surface area contributed by atoms with E-state index in [0.29, 0.717) is 12.1 Å². The van der Waals surface area contributed by atoms with Crippen LogP contribution in [0.25, 0.3) is 5.53 Å². The molecular formula is C17H22F6N2O2Si. The molecule has 1 aromatic carbocycles. The normalized spacial score (nSPS) is 12.4. The van der Waals surface area contributed by atoms with Gasteiger partial charge in [0.15, 0.2) is 8.07 Å². The number of nitrogens with zero attached hydrogens (tertiary/aromatic N) is 2. The third kappa shape index (κ3) is 7.85. The van der Waals surface area contributed by atoms with Gasteiger partial charge in [-0.15, -0.1) is 0 Å². The SMILES string of the molecule is COC(=O)C(C)(C)c1cc(C(F)(F)F)cc(C(F)(F)F)c1.C[Si](C)(C)C=[N+]=[N-]. The van der Waals surface area contributed by atoms with Crippen LogP contribution in [0.1, 0.15) is 30.5 Å². The average molecular weight is 428 g/mol. The van der Waals surface area contributed by atoms with Gasteiger partial charge in [0.2, 0.25) is 5.84 Å². The first-order valence-electron chi connectivity index (χ1n) is 7.93. The summed E-state index contributed by atoms with van der Waals surface area (Å²) in [7, 11) is -0.197. The maximum Gasteiger partial charge on any atom is 0.416 e. The van der Waals surface area contributed by atoms with E-state index in [1.54, 1.807) is 5.84 Å². The summed E-state index contributed by atoms with van der Waals surface area (Å²) in [4.78, 5) is 14.5. The summed E-state index contributed by atoms with van der Waals surface area (Å²) in [5.41, 5.74) is 3.01. The topological polar surface area (TPSA) is 62.7 Å². The zero-order valence-electron chi connectivity index (χ0n) is 16.3. The summed E-state index contributed by atoms with van der Waals surface area (Å²) in [6.07, 6.45) is -9.91. The van der Waals surface area contributed by atoms with Crippen molar-refractivity contribution in [2.24, 2.45) is 0 Å². The highest BCUT2D eigenvalue weighted by Gasteiger charge is 2.40. The molecule has 1 aromatic rings. The molecule has 0 aromatic heterocycles. The Balaban J connectivity index is 0.000000887. The highest BCUT2D eigenvalue weighted by atomic mass is 28.3. The Morgan fingerprint density at radius 2 is 1.32 bits per heavy atom. The van der Waals surface area contributed by atoms with Crippen molar-refractivity contribution >= 4 is 19.9 Å². The first-order chi connectivity index (χ1) is 12.4. The number of alkyl halides is 6. The van der Waals surface area contributed by atoms with Crippen molar-refractivity contribution in [1.29, 1.82) is 0 Å². The van der Waals surface area contributed by atoms with Crippen molar-refractivity contribution in [3.05, 3.63) is 40.4 Å². The number of carbonyl (C=O) groups is 1. The van der Waals surface area contributed by atoms with Gasteiger partial charge in [-0.1, -0.05) is 19.6 Å². The van der Waals surface area contributed by atoms with E-state index < -0.39 is 48.5 Å². The second-order valence-corrected chi connectivity index (χ2v) is 12.5. The number of ether oxygens (including phenoxy) is 1. The molecule has 0 aliphatic heterocycles. The van der Waals surface area contributed by atoms with Crippen LogP contribution in [0.5, 0.6) is 0 Å². The van der Waals surface area contributed by atoms with E-state index in [9.17, 15) is 31.1 Å². The van der Waals surface area contributed by atoms with Crippen LogP contribution < -0.4 is 0 Å². The number of halogens is 6. The van der Waals surface area contributed by atoms with E-state index in [2.05, 4.69) is 29.2 Å². The monoisotopic (exact) mass is 428 g/mol. The molecule has 1 rings (SSSR count). The zero-order chi connectivity index (χ0) is 22.6. The minimum atomic E-state index is -4.96. The Kier molecular flexibility index (Phi) is 8.23. The van der Waals surface area contributed by atoms with Crippen LogP contribution in [0.3, 0.4) is 0 Å². The molecule has 0 fully saturated rings. The molecule has 0 N–H and O–H groups in total. The van der Waals surface area contributed by atoms with E-state index in [1.807, 2.05) is 0 Å². The third-order valence-electron chi connectivity index (χ3n) is 3.45. The van der Waals surface area contributed by atoms with Gasteiger partial charge < -0.3 is 10.3 Å². The van der Waals surface area contributed by atoms with Gasteiger partial charge in [0.05, 0.1) is 23.7 Å². The quantitative estimate of drug-likeness (QED) is 0.163. The summed E-state index contributed by atoms with van der Waals surface area (Å²) < 4.78 is 80.8. The Morgan fingerprint density at radius 1 is 0.964 bits per heavy atom. The fourth-order valence-electron chi connectivity index (χ4n) is 1.86. The number of methoxy groups -OCH3 is 1. The highest BCUT2D eigenvalue weighted by molar-refractivity contribution is 6.98. The molecule has 0 unspecified atom stereocenters. The summed E-state index contributed by atoms with van der Waals surface area (Å²) in [6.45, 7) is 8.69. The molecule has 0 atom stereocenters. The minimum Gasteiger partial charge on any atom is -0.468 e. The molecule has 4 nitrogen and oxygen atoms in total. The highest BCUT2D eigenvalue weighted by Crippen LogP contribution is 2.39. The molecule has 0 spiro atoms. The van der Waals surface area contributed by atoms with Crippen LogP contribution in [-0.2, 0) is 27.3 Å². The van der Waals surface area contributed by atoms with Crippen molar-refractivity contribution in [3.63, 3.8) is 0 Å². The van der Waals surface area contributed by atoms with Gasteiger partial charge in [0, 0.05) is 0 Å². The smallest absolute Gasteiger partial charge is 0.416 e. The predicted octanol–water partition coefficient (Wildman–Crippen LogP) is 5.34. The van der Waals surface area contributed by atoms with Crippen molar-refractivity contribution < 1.29 is 40.7 Å². The largest absolute Gasteiger partial charge is 0.468 e. The molecule has 0 saturated carbocycles. The van der Waals surface area contributed by atoms with E-state index in [0.717, 1.165) is 7.11 Å². The summed E-state index contributed by atoms with van der Waals surface area (Å²) in [5, 5.41) is 0. The van der Waals surface area contributed by atoms with E-state index in [-0.39, 0.29) is 6.07 Å². The van der Waals surface area contributed by atoms with Gasteiger partial charge >= 0.3 is 18.3 Å². The summed E-state index contributed by atoms with van der Waals surface area (Å²) >= 11 is 0. The molecule has 11 heteroatoms. The second-order valence-electron chi connectivity index (χ2n) is 7.52. The molecule has 0 amide bonds. The molecular weight excluding hydrogens is 406 g/mol. The molecule has 0 aliphatic rings. The molecule has 0 saturated heterocycles. The van der Waals surface area contributed by atoms with Crippen molar-refractivity contribution in [1.82, 2.24) is 0 Å². The molecule has 0 radical (unpaired) electrons. The first-order valence-corrected chi connectivity index (χ1v) is 11.5. The van der Waals surface area contributed by atoms with Gasteiger partial charge in [-0.05, 0) is 37.6 Å². The Bertz CT molecular complexity index is 713. The van der Waals surface area contributed by atoms with Crippen molar-refractivity contribution in [3.8, 4) is 0 Å². The van der Waals surface area contributed by atoms with Crippen LogP contribution in [-0.4, -0.2) is 31.8 Å². The van der Waals surface area contributed by atoms with E-state index in [4.69, 9.17) is 5.53 Å². The fraction of sp³-hybridized carbons (Fsp3) is 0.529. The Hall–Kier alpha value is -2.13. The van der Waals surface area contributed by atoms with Crippen LogP contribution in [0.2, 0.25) is 19.6 Å². The lowest BCUT2D eigenvalue weighted by molar-refractivity contribution is -0.148. The van der Waals surface area contributed by atoms with Gasteiger partial charge in [0.25, 0.3) is 0 Å². The average Bonchev–Trinajstić information content (AvgIpc) is 2.51. The fourth-order valence-corrected chi connectivity index (χ4v) is 2.21. The summed E-state index contributed by atoms with van der Waals surface area (Å²) in [6, 6.07) is 1.05. The first kappa shape index (κ1) is 25.9. The molecule has 158 valence electrons. The number of hydrogen-bond acceptors (Lipinski definition) is 2. The minimum absolute atomic E-state index is 0.0108. The van der Waals surface area contributed by atoms with E-state index in [1.165, 1.54) is 13.8 Å². The number of carbonyl (C=O) groups excluding carboxylic acids is 1. The standard InChI is InChI=1S/C13H12F6O2.C4H10N2Si/c1-11(2,10(20)21-3)7-4-8(12(14,15)16)6-9(5-7)13(17,18)19;1-7(2,3)4-6-5/h4-6H,1-3H3;4H,1-3H3. The summed E-state index contributed by atoms with van der Waals surface area (Å²) in [5.74, 6) is 0.697. The van der Waals surface area contributed by atoms with Gasteiger partial charge in [-0.3, -0.25) is 4.79 Å². The maximum atomic E-state index is 12.7. The number of rotatable bonds is 3. The Labute approximate surface area is 160 Å². The zero-order valence-corrected chi connectivity index (χ0v) is 17.3. The maximum absolute atomic E-state index is 12.7. The predicted molar refractivity (Wildman–Crippen MR) is 94.5 cm³/mol. The third-order valence-corrected chi connectivity index (χ3v) is 4.34. The molecule has 0 aliphatic carbocycles. The second kappa shape index (κ2) is 8.91. The molecule has 28 heavy (non-hydrogen) atoms. The lowest BCUT2D eigenvalue weighted by Crippen LogP contribution is -2.31. The lowest BCUT2D eigenvalue weighted by Gasteiger charge is -2.24. The lowest BCUT2D eigenvalue weighted by atomic mass is 9.83. The van der Waals surface area contributed by atoms with E-state index >= 15 is 0 Å². The number of hydrogen-bond donors (Lipinski definition) is 0. The van der Waals surface area contributed by atoms with Crippen molar-refractivity contribution in [2.45, 2.75) is 51.3 Å². The number of esters is 1. The van der Waals surface area contributed by atoms with Crippen LogP contribution >= 0.6 is 0 Å². The number of benzene rings is 1. The van der Waals surface area contributed by atoms with Gasteiger partial charge in [-0.25, -0.2) is 0 Å². The molecule has 0 heterocycles. The van der Waals surface area contributed by atoms with Gasteiger partial charge in [-0.2, -0.15) is 31.1 Å². The van der Waals surface area contributed by atoms with Crippen molar-refractivity contribution in [2.75, 3.05) is 7.11 Å². The van der Waals surface area contributed by atoms with Crippen LogP contribution in [0.15, 0.2) is 18.2 Å². The molecule has 0 bridgehead atoms. The van der Waals surface area contributed by atoms with Crippen LogP contribution in [0, 0.1) is 0 Å². The Morgan fingerprint density at radius 3 is 1.54 bits per heavy atom. The van der Waals surface area contributed by atoms with Crippen LogP contribution in [0.4, 0.5) is 26.3 Å². The van der Waals surface area contributed by atoms with Gasteiger partial charge in [0.1, 0.15) is 0 Å².